The maximum absolute atomic E-state index is 13.1. The van der Waals surface area contributed by atoms with Crippen LogP contribution in [0.2, 0.25) is 0 Å². The van der Waals surface area contributed by atoms with Crippen LogP contribution in [0.25, 0.3) is 0 Å². The topological polar surface area (TPSA) is 80.3 Å². The summed E-state index contributed by atoms with van der Waals surface area (Å²) < 4.78 is 28.9. The van der Waals surface area contributed by atoms with Crippen molar-refractivity contribution in [2.24, 2.45) is 0 Å². The van der Waals surface area contributed by atoms with E-state index in [1.807, 2.05) is 0 Å². The van der Waals surface area contributed by atoms with Gasteiger partial charge in [0.2, 0.25) is 11.7 Å². The van der Waals surface area contributed by atoms with Gasteiger partial charge in [0, 0.05) is 38.3 Å². The third kappa shape index (κ3) is 6.35. The molecule has 9 heteroatoms. The highest BCUT2D eigenvalue weighted by molar-refractivity contribution is 5.97. The second-order valence-electron chi connectivity index (χ2n) is 7.73. The minimum atomic E-state index is -0.407. The first kappa shape index (κ1) is 24.3. The number of halogens is 1. The highest BCUT2D eigenvalue weighted by Gasteiger charge is 2.21. The molecule has 1 saturated heterocycles. The van der Waals surface area contributed by atoms with Gasteiger partial charge in [-0.05, 0) is 36.2 Å². The summed E-state index contributed by atoms with van der Waals surface area (Å²) in [5.74, 6) is 0.321. The summed E-state index contributed by atoms with van der Waals surface area (Å²) in [6.45, 7) is 3.36. The van der Waals surface area contributed by atoms with Gasteiger partial charge in [-0.2, -0.15) is 0 Å². The van der Waals surface area contributed by atoms with Crippen LogP contribution in [0.1, 0.15) is 22.3 Å². The Balaban J connectivity index is 1.54. The summed E-state index contributed by atoms with van der Waals surface area (Å²) in [5.41, 5.74) is 1.34. The van der Waals surface area contributed by atoms with Crippen LogP contribution >= 0.6 is 0 Å². The lowest BCUT2D eigenvalue weighted by Crippen LogP contribution is -2.42. The Morgan fingerprint density at radius 3 is 2.21 bits per heavy atom. The minimum absolute atomic E-state index is 0.104. The predicted octanol–water partition coefficient (Wildman–Crippen LogP) is 2.32. The van der Waals surface area contributed by atoms with Gasteiger partial charge in [-0.15, -0.1) is 0 Å². The van der Waals surface area contributed by atoms with Crippen molar-refractivity contribution in [3.05, 3.63) is 53.3 Å². The van der Waals surface area contributed by atoms with Gasteiger partial charge in [-0.3, -0.25) is 14.5 Å². The molecule has 3 rings (SSSR count). The molecule has 0 bridgehead atoms. The Morgan fingerprint density at radius 1 is 0.939 bits per heavy atom. The summed E-state index contributed by atoms with van der Waals surface area (Å²) in [7, 11) is 4.43. The molecule has 1 heterocycles. The number of rotatable bonds is 8. The molecule has 0 spiro atoms. The summed E-state index contributed by atoms with van der Waals surface area (Å²) in [4.78, 5) is 29.4. The molecule has 0 atom stereocenters. The third-order valence-electron chi connectivity index (χ3n) is 5.59. The van der Waals surface area contributed by atoms with Gasteiger partial charge in [0.05, 0.1) is 27.9 Å². The fourth-order valence-corrected chi connectivity index (χ4v) is 3.81. The van der Waals surface area contributed by atoms with Crippen LogP contribution in [0, 0.1) is 5.82 Å². The second kappa shape index (κ2) is 11.5. The molecule has 178 valence electrons. The molecule has 1 aliphatic heterocycles. The number of amides is 2. The molecule has 0 aliphatic carbocycles. The number of nitrogens with zero attached hydrogens (tertiary/aromatic N) is 2. The lowest BCUT2D eigenvalue weighted by atomic mass is 10.1. The zero-order chi connectivity index (χ0) is 23.8. The number of carbonyl (C=O) groups excluding carboxylic acids is 2. The number of carbonyl (C=O) groups is 2. The Labute approximate surface area is 193 Å². The van der Waals surface area contributed by atoms with E-state index < -0.39 is 5.91 Å². The van der Waals surface area contributed by atoms with Crippen molar-refractivity contribution in [1.82, 2.24) is 15.1 Å². The second-order valence-corrected chi connectivity index (χ2v) is 7.73. The first-order chi connectivity index (χ1) is 15.9. The van der Waals surface area contributed by atoms with Crippen molar-refractivity contribution < 1.29 is 28.2 Å². The molecular formula is C24H30FN3O5. The summed E-state index contributed by atoms with van der Waals surface area (Å²) in [5, 5.41) is 2.68. The molecule has 1 N–H and O–H groups in total. The lowest BCUT2D eigenvalue weighted by Gasteiger charge is -2.22. The van der Waals surface area contributed by atoms with Crippen molar-refractivity contribution in [1.29, 1.82) is 0 Å². The van der Waals surface area contributed by atoms with Gasteiger partial charge in [0.15, 0.2) is 11.5 Å². The third-order valence-corrected chi connectivity index (χ3v) is 5.59. The maximum Gasteiger partial charge on any atom is 0.251 e. The molecule has 1 fully saturated rings. The fourth-order valence-electron chi connectivity index (χ4n) is 3.81. The maximum atomic E-state index is 13.1. The van der Waals surface area contributed by atoms with Crippen LogP contribution in [0.4, 0.5) is 4.39 Å². The normalized spacial score (nSPS) is 14.4. The summed E-state index contributed by atoms with van der Waals surface area (Å²) >= 11 is 0. The van der Waals surface area contributed by atoms with E-state index in [9.17, 15) is 14.0 Å². The van der Waals surface area contributed by atoms with Crippen molar-refractivity contribution >= 4 is 11.8 Å². The van der Waals surface area contributed by atoms with Crippen LogP contribution in [0.5, 0.6) is 17.2 Å². The van der Waals surface area contributed by atoms with E-state index in [2.05, 4.69) is 10.2 Å². The summed E-state index contributed by atoms with van der Waals surface area (Å²) in [6.07, 6.45) is 0.827. The highest BCUT2D eigenvalue weighted by atomic mass is 19.1. The zero-order valence-corrected chi connectivity index (χ0v) is 19.2. The zero-order valence-electron chi connectivity index (χ0n) is 19.2. The van der Waals surface area contributed by atoms with E-state index in [0.29, 0.717) is 49.0 Å². The largest absolute Gasteiger partial charge is 0.493 e. The fraction of sp³-hybridized carbons (Fsp3) is 0.417. The number of hydrogen-bond donors (Lipinski definition) is 1. The average molecular weight is 460 g/mol. The molecule has 2 aromatic rings. The SMILES string of the molecule is COc1cc(C(=O)NCC(=O)N2CCCN(Cc3ccc(F)cc3)CC2)cc(OC)c1OC. The van der Waals surface area contributed by atoms with E-state index in [4.69, 9.17) is 14.2 Å². The predicted molar refractivity (Wildman–Crippen MR) is 121 cm³/mol. The van der Waals surface area contributed by atoms with Crippen LogP contribution in [0.15, 0.2) is 36.4 Å². The van der Waals surface area contributed by atoms with Crippen molar-refractivity contribution in [2.45, 2.75) is 13.0 Å². The standard InChI is InChI=1S/C24H30FN3O5/c1-31-20-13-18(14-21(32-2)23(20)33-3)24(30)26-15-22(29)28-10-4-9-27(11-12-28)16-17-5-7-19(25)8-6-17/h5-8,13-14H,4,9-12,15-16H2,1-3H3,(H,26,30). The molecule has 8 nitrogen and oxygen atoms in total. The molecule has 0 unspecified atom stereocenters. The van der Waals surface area contributed by atoms with E-state index in [1.165, 1.54) is 33.5 Å². The molecular weight excluding hydrogens is 429 g/mol. The van der Waals surface area contributed by atoms with Gasteiger partial charge < -0.3 is 24.4 Å². The van der Waals surface area contributed by atoms with E-state index in [-0.39, 0.29) is 18.3 Å². The smallest absolute Gasteiger partial charge is 0.251 e. The Morgan fingerprint density at radius 2 is 1.61 bits per heavy atom. The first-order valence-electron chi connectivity index (χ1n) is 10.8. The average Bonchev–Trinajstić information content (AvgIpc) is 3.08. The van der Waals surface area contributed by atoms with Gasteiger partial charge >= 0.3 is 0 Å². The van der Waals surface area contributed by atoms with Gasteiger partial charge in [-0.1, -0.05) is 12.1 Å². The van der Waals surface area contributed by atoms with Crippen LogP contribution < -0.4 is 19.5 Å². The Kier molecular flexibility index (Phi) is 8.48. The van der Waals surface area contributed by atoms with Crippen LogP contribution in [0.3, 0.4) is 0 Å². The van der Waals surface area contributed by atoms with Crippen molar-refractivity contribution in [3.8, 4) is 17.2 Å². The highest BCUT2D eigenvalue weighted by Crippen LogP contribution is 2.38. The first-order valence-corrected chi connectivity index (χ1v) is 10.8. The van der Waals surface area contributed by atoms with Crippen molar-refractivity contribution in [3.63, 3.8) is 0 Å². The number of hydrogen-bond acceptors (Lipinski definition) is 6. The Hall–Kier alpha value is -3.33. The Bertz CT molecular complexity index is 942. The molecule has 0 saturated carbocycles. The van der Waals surface area contributed by atoms with Gasteiger partial charge in [-0.25, -0.2) is 4.39 Å². The summed E-state index contributed by atoms with van der Waals surface area (Å²) in [6, 6.07) is 9.56. The molecule has 2 aromatic carbocycles. The number of benzene rings is 2. The molecule has 33 heavy (non-hydrogen) atoms. The number of ether oxygens (including phenoxy) is 3. The van der Waals surface area contributed by atoms with Gasteiger partial charge in [0.1, 0.15) is 5.82 Å². The van der Waals surface area contributed by atoms with Crippen molar-refractivity contribution in [2.75, 3.05) is 54.1 Å². The quantitative estimate of drug-likeness (QED) is 0.653. The van der Waals surface area contributed by atoms with Crippen LogP contribution in [-0.2, 0) is 11.3 Å². The molecule has 0 radical (unpaired) electrons. The number of nitrogens with one attached hydrogen (secondary N) is 1. The van der Waals surface area contributed by atoms with E-state index >= 15 is 0 Å². The van der Waals surface area contributed by atoms with Gasteiger partial charge in [0.25, 0.3) is 5.91 Å². The lowest BCUT2D eigenvalue weighted by molar-refractivity contribution is -0.130. The van der Waals surface area contributed by atoms with E-state index in [0.717, 1.165) is 18.5 Å². The van der Waals surface area contributed by atoms with E-state index in [1.54, 1.807) is 29.2 Å². The molecule has 0 aromatic heterocycles. The molecule has 2 amide bonds. The van der Waals surface area contributed by atoms with Crippen LogP contribution in [-0.4, -0.2) is 75.7 Å². The monoisotopic (exact) mass is 459 g/mol. The number of methoxy groups -OCH3 is 3. The minimum Gasteiger partial charge on any atom is -0.493 e. The molecule has 1 aliphatic rings.